The van der Waals surface area contributed by atoms with Crippen LogP contribution in [0.5, 0.6) is 0 Å². The molecule has 1 N–H and O–H groups in total. The van der Waals surface area contributed by atoms with Crippen LogP contribution in [0.3, 0.4) is 0 Å². The Bertz CT molecular complexity index is 1370. The van der Waals surface area contributed by atoms with Crippen LogP contribution in [0.1, 0.15) is 56.6 Å². The van der Waals surface area contributed by atoms with E-state index in [4.69, 9.17) is 5.10 Å². The normalized spacial score (nSPS) is 11.6. The highest BCUT2D eigenvalue weighted by molar-refractivity contribution is 7.99. The first-order valence-electron chi connectivity index (χ1n) is 12.9. The zero-order valence-electron chi connectivity index (χ0n) is 22.5. The van der Waals surface area contributed by atoms with Gasteiger partial charge in [-0.05, 0) is 54.0 Å². The zero-order valence-corrected chi connectivity index (χ0v) is 23.3. The monoisotopic (exact) mass is 515 g/mol. The first-order chi connectivity index (χ1) is 17.8. The number of aromatic nitrogens is 4. The van der Waals surface area contributed by atoms with Gasteiger partial charge >= 0.3 is 5.69 Å². The van der Waals surface area contributed by atoms with Crippen molar-refractivity contribution in [1.82, 2.24) is 19.3 Å². The van der Waals surface area contributed by atoms with Gasteiger partial charge in [0.2, 0.25) is 0 Å². The lowest BCUT2D eigenvalue weighted by atomic mass is 9.87. The lowest BCUT2D eigenvalue weighted by molar-refractivity contribution is 0.588. The third-order valence-electron chi connectivity index (χ3n) is 6.56. The van der Waals surface area contributed by atoms with Crippen molar-refractivity contribution < 1.29 is 0 Å². The predicted molar refractivity (Wildman–Crippen MR) is 155 cm³/mol. The third-order valence-corrected chi connectivity index (χ3v) is 7.00. The molecule has 2 heterocycles. The minimum absolute atomic E-state index is 0.0348. The lowest BCUT2D eigenvalue weighted by Crippen LogP contribution is -2.25. The predicted octanol–water partition coefficient (Wildman–Crippen LogP) is 6.34. The maximum Gasteiger partial charge on any atom is 0.346 e. The van der Waals surface area contributed by atoms with Gasteiger partial charge in [-0.25, -0.2) is 9.48 Å². The van der Waals surface area contributed by atoms with Gasteiger partial charge in [-0.3, -0.25) is 9.55 Å². The highest BCUT2D eigenvalue weighted by atomic mass is 32.2. The van der Waals surface area contributed by atoms with Crippen LogP contribution in [0.4, 0.5) is 5.69 Å². The van der Waals surface area contributed by atoms with E-state index in [1.807, 2.05) is 25.4 Å². The minimum atomic E-state index is -0.0348. The van der Waals surface area contributed by atoms with Crippen molar-refractivity contribution in [3.05, 3.63) is 99.9 Å². The average Bonchev–Trinajstić information content (AvgIpc) is 3.18. The van der Waals surface area contributed by atoms with E-state index in [9.17, 15) is 4.79 Å². The number of hydrogen-bond donors (Lipinski definition) is 1. The van der Waals surface area contributed by atoms with Gasteiger partial charge in [0.25, 0.3) is 0 Å². The van der Waals surface area contributed by atoms with Crippen molar-refractivity contribution in [1.29, 1.82) is 0 Å². The summed E-state index contributed by atoms with van der Waals surface area (Å²) in [7, 11) is 0. The molecule has 4 rings (SSSR count). The van der Waals surface area contributed by atoms with Gasteiger partial charge in [0, 0.05) is 36.7 Å². The summed E-state index contributed by atoms with van der Waals surface area (Å²) < 4.78 is 6.66. The van der Waals surface area contributed by atoms with E-state index in [0.717, 1.165) is 47.6 Å². The van der Waals surface area contributed by atoms with Crippen molar-refractivity contribution in [2.75, 3.05) is 11.0 Å². The van der Waals surface area contributed by atoms with Gasteiger partial charge in [0.05, 0.1) is 12.2 Å². The molecular formula is C30H37N5OS. The molecule has 0 atom stereocenters. The largest absolute Gasteiger partial charge is 0.346 e. The number of aryl methyl sites for hydroxylation is 2. The average molecular weight is 516 g/mol. The molecule has 0 saturated carbocycles. The Labute approximate surface area is 224 Å². The van der Waals surface area contributed by atoms with Gasteiger partial charge in [0.1, 0.15) is 5.82 Å². The molecule has 2 aromatic heterocycles. The number of nitrogens with one attached hydrogen (secondary N) is 1. The summed E-state index contributed by atoms with van der Waals surface area (Å²) >= 11 is 1.57. The van der Waals surface area contributed by atoms with E-state index in [1.165, 1.54) is 11.1 Å². The highest BCUT2D eigenvalue weighted by Crippen LogP contribution is 2.23. The van der Waals surface area contributed by atoms with Crippen LogP contribution < -0.4 is 10.4 Å². The summed E-state index contributed by atoms with van der Waals surface area (Å²) in [5.41, 5.74) is 6.82. The molecule has 4 aromatic rings. The number of anilines is 1. The second-order valence-corrected chi connectivity index (χ2v) is 10.9. The Morgan fingerprint density at radius 3 is 2.30 bits per heavy atom. The van der Waals surface area contributed by atoms with E-state index in [1.54, 1.807) is 21.2 Å². The van der Waals surface area contributed by atoms with Crippen LogP contribution in [-0.2, 0) is 31.3 Å². The van der Waals surface area contributed by atoms with Crippen LogP contribution in [-0.4, -0.2) is 25.6 Å². The quantitative estimate of drug-likeness (QED) is 0.250. The Morgan fingerprint density at radius 2 is 1.65 bits per heavy atom. The molecule has 0 aliphatic carbocycles. The molecule has 0 aliphatic rings. The molecular weight excluding hydrogens is 478 g/mol. The van der Waals surface area contributed by atoms with E-state index in [-0.39, 0.29) is 11.1 Å². The van der Waals surface area contributed by atoms with Crippen molar-refractivity contribution >= 4 is 17.6 Å². The Kier molecular flexibility index (Phi) is 8.54. The van der Waals surface area contributed by atoms with Crippen LogP contribution >= 0.6 is 11.9 Å². The van der Waals surface area contributed by atoms with Crippen molar-refractivity contribution in [3.63, 3.8) is 0 Å². The van der Waals surface area contributed by atoms with Crippen LogP contribution in [0.2, 0.25) is 0 Å². The summed E-state index contributed by atoms with van der Waals surface area (Å²) in [5.74, 6) is 0.859. The molecule has 7 heteroatoms. The van der Waals surface area contributed by atoms with E-state index in [0.29, 0.717) is 13.1 Å². The fourth-order valence-corrected chi connectivity index (χ4v) is 4.80. The molecule has 0 radical (unpaired) electrons. The molecule has 0 fully saturated rings. The Morgan fingerprint density at radius 1 is 0.946 bits per heavy atom. The molecule has 194 valence electrons. The fourth-order valence-electron chi connectivity index (χ4n) is 4.44. The van der Waals surface area contributed by atoms with Gasteiger partial charge in [-0.15, -0.1) is 0 Å². The summed E-state index contributed by atoms with van der Waals surface area (Å²) in [4.78, 5) is 17.5. The Hall–Kier alpha value is -3.32. The number of nitrogens with zero attached hydrogens (tertiary/aromatic N) is 4. The molecule has 0 saturated heterocycles. The molecule has 37 heavy (non-hydrogen) atoms. The molecule has 0 spiro atoms. The van der Waals surface area contributed by atoms with Gasteiger partial charge < -0.3 is 4.72 Å². The smallest absolute Gasteiger partial charge is 0.330 e. The molecule has 6 nitrogen and oxygen atoms in total. The number of benzene rings is 2. The first kappa shape index (κ1) is 26.7. The standard InChI is InChI=1S/C30H37N5OS/c1-6-34-28(32-35(29(34)36)21-23-12-16-25(17-13-23)30(2,3)4)9-7-8-22-10-14-24(15-11-22)27-20-26(33-37-5)18-19-31-27/h10-20H,6-9,21H2,1-5H3,(H,31,33). The minimum Gasteiger partial charge on any atom is -0.330 e. The number of hydrogen-bond acceptors (Lipinski definition) is 5. The van der Waals surface area contributed by atoms with Crippen LogP contribution in [0.15, 0.2) is 71.7 Å². The number of rotatable bonds is 10. The summed E-state index contributed by atoms with van der Waals surface area (Å²) in [6.07, 6.45) is 6.47. The second-order valence-electron chi connectivity index (χ2n) is 10.3. The SMILES string of the molecule is CCn1c(CCCc2ccc(-c3cc(NSC)ccn3)cc2)nn(Cc2ccc(C(C)(C)C)cc2)c1=O. The van der Waals surface area contributed by atoms with Crippen LogP contribution in [0, 0.1) is 0 Å². The van der Waals surface area contributed by atoms with Gasteiger partial charge in [-0.2, -0.15) is 5.10 Å². The second kappa shape index (κ2) is 11.8. The molecule has 2 aromatic carbocycles. The van der Waals surface area contributed by atoms with Gasteiger partial charge in [0.15, 0.2) is 0 Å². The number of pyridine rings is 1. The first-order valence-corrected chi connectivity index (χ1v) is 14.1. The topological polar surface area (TPSA) is 64.7 Å². The molecule has 0 bridgehead atoms. The van der Waals surface area contributed by atoms with Crippen molar-refractivity contribution in [3.8, 4) is 11.3 Å². The van der Waals surface area contributed by atoms with E-state index < -0.39 is 0 Å². The maximum atomic E-state index is 13.0. The van der Waals surface area contributed by atoms with Gasteiger partial charge in [-0.1, -0.05) is 81.3 Å². The molecule has 0 amide bonds. The summed E-state index contributed by atoms with van der Waals surface area (Å²) in [5, 5.41) is 4.71. The fraction of sp³-hybridized carbons (Fsp3) is 0.367. The third kappa shape index (κ3) is 6.72. The van der Waals surface area contributed by atoms with E-state index in [2.05, 4.69) is 85.1 Å². The van der Waals surface area contributed by atoms with Crippen LogP contribution in [0.25, 0.3) is 11.3 Å². The molecule has 0 unspecified atom stereocenters. The summed E-state index contributed by atoms with van der Waals surface area (Å²) in [6, 6.07) is 21.1. The highest BCUT2D eigenvalue weighted by Gasteiger charge is 2.15. The van der Waals surface area contributed by atoms with Crippen molar-refractivity contribution in [2.24, 2.45) is 0 Å². The van der Waals surface area contributed by atoms with E-state index >= 15 is 0 Å². The lowest BCUT2D eigenvalue weighted by Gasteiger charge is -2.19. The summed E-state index contributed by atoms with van der Waals surface area (Å²) in [6.45, 7) is 9.74. The Balaban J connectivity index is 1.38. The zero-order chi connectivity index (χ0) is 26.4. The van der Waals surface area contributed by atoms with Crippen molar-refractivity contribution in [2.45, 2.75) is 65.5 Å². The maximum absolute atomic E-state index is 13.0. The molecule has 0 aliphatic heterocycles.